The Kier molecular flexibility index (Phi) is 2.96. The lowest BCUT2D eigenvalue weighted by molar-refractivity contribution is 0.583. The molecule has 4 N–H and O–H groups in total. The number of hydrogen-bond acceptors (Lipinski definition) is 4. The van der Waals surface area contributed by atoms with Crippen LogP contribution in [-0.2, 0) is 10.0 Å². The predicted octanol–water partition coefficient (Wildman–Crippen LogP) is -1.03. The number of H-pyrrole nitrogens is 1. The molecule has 0 aliphatic heterocycles. The van der Waals surface area contributed by atoms with Gasteiger partial charge in [-0.2, -0.15) is 0 Å². The highest BCUT2D eigenvalue weighted by Crippen LogP contribution is 2.00. The quantitative estimate of drug-likeness (QED) is 0.563. The van der Waals surface area contributed by atoms with Crippen LogP contribution < -0.4 is 10.5 Å². The van der Waals surface area contributed by atoms with Gasteiger partial charge in [0.1, 0.15) is 0 Å². The van der Waals surface area contributed by atoms with Gasteiger partial charge in [0.15, 0.2) is 5.03 Å². The summed E-state index contributed by atoms with van der Waals surface area (Å²) in [5.41, 5.74) is 5.13. The highest BCUT2D eigenvalue weighted by atomic mass is 32.2. The summed E-state index contributed by atoms with van der Waals surface area (Å²) in [6.45, 7) is -0.0588. The van der Waals surface area contributed by atoms with Crippen molar-refractivity contribution in [1.82, 2.24) is 14.7 Å². The van der Waals surface area contributed by atoms with Crippen LogP contribution in [0.4, 0.5) is 0 Å². The Morgan fingerprint density at radius 1 is 1.77 bits per heavy atom. The number of nitrogens with one attached hydrogen (secondary N) is 2. The molecule has 72 valence electrons. The van der Waals surface area contributed by atoms with E-state index < -0.39 is 10.0 Å². The van der Waals surface area contributed by atoms with Crippen LogP contribution in [-0.4, -0.2) is 29.9 Å². The summed E-state index contributed by atoms with van der Waals surface area (Å²) in [7, 11) is -3.55. The molecule has 0 aliphatic rings. The number of rotatable bonds is 4. The first kappa shape index (κ1) is 10.1. The van der Waals surface area contributed by atoms with E-state index >= 15 is 0 Å². The average Bonchev–Trinajstić information content (AvgIpc) is 2.53. The van der Waals surface area contributed by atoms with Crippen LogP contribution in [0.5, 0.6) is 0 Å². The Morgan fingerprint density at radius 2 is 2.46 bits per heavy atom. The summed E-state index contributed by atoms with van der Waals surface area (Å²) in [4.78, 5) is 6.12. The molecule has 1 aromatic rings. The minimum Gasteiger partial charge on any atom is -0.392 e. The maximum Gasteiger partial charge on any atom is 0.257 e. The molecule has 0 saturated heterocycles. The number of hydrogen-bond donors (Lipinski definition) is 3. The second-order valence-corrected chi connectivity index (χ2v) is 4.47. The first-order chi connectivity index (χ1) is 6.02. The van der Waals surface area contributed by atoms with Gasteiger partial charge in [0.2, 0.25) is 0 Å². The van der Waals surface area contributed by atoms with Crippen LogP contribution in [0.1, 0.15) is 0 Å². The molecule has 1 aromatic heterocycles. The van der Waals surface area contributed by atoms with Crippen LogP contribution in [0.25, 0.3) is 0 Å². The van der Waals surface area contributed by atoms with Gasteiger partial charge in [0, 0.05) is 0 Å². The summed E-state index contributed by atoms with van der Waals surface area (Å²) < 4.78 is 24.8. The third kappa shape index (κ3) is 2.76. The van der Waals surface area contributed by atoms with E-state index in [-0.39, 0.29) is 16.6 Å². The summed E-state index contributed by atoms with van der Waals surface area (Å²) in [5.74, 6) is 0. The lowest BCUT2D eigenvalue weighted by atomic mass is 10.7. The molecule has 0 bridgehead atoms. The lowest BCUT2D eigenvalue weighted by Gasteiger charge is -2.01. The molecule has 0 saturated carbocycles. The van der Waals surface area contributed by atoms with Crippen molar-refractivity contribution in [2.45, 2.75) is 5.03 Å². The Balaban J connectivity index is 2.74. The van der Waals surface area contributed by atoms with Crippen molar-refractivity contribution in [2.75, 3.05) is 6.54 Å². The maximum atomic E-state index is 11.3. The molecule has 0 atom stereocenters. The molecule has 0 fully saturated rings. The largest absolute Gasteiger partial charge is 0.392 e. The number of aromatic nitrogens is 2. The standard InChI is InChI=1S/C5H8N4O2S2/c6-4(12)1-9-13(10,11)5-2-7-3-8-5/h2-3,9H,1H2,(H2,6,12)(H,7,8). The van der Waals surface area contributed by atoms with Crippen LogP contribution in [0.2, 0.25) is 0 Å². The van der Waals surface area contributed by atoms with Crippen molar-refractivity contribution < 1.29 is 8.42 Å². The first-order valence-electron chi connectivity index (χ1n) is 3.29. The van der Waals surface area contributed by atoms with Gasteiger partial charge < -0.3 is 10.7 Å². The molecule has 13 heavy (non-hydrogen) atoms. The molecule has 1 rings (SSSR count). The molecule has 0 amide bonds. The summed E-state index contributed by atoms with van der Waals surface area (Å²) in [6, 6.07) is 0. The van der Waals surface area contributed by atoms with E-state index in [9.17, 15) is 8.42 Å². The van der Waals surface area contributed by atoms with Gasteiger partial charge in [-0.05, 0) is 0 Å². The number of nitrogens with zero attached hydrogens (tertiary/aromatic N) is 1. The zero-order chi connectivity index (χ0) is 9.90. The van der Waals surface area contributed by atoms with Crippen LogP contribution in [0.3, 0.4) is 0 Å². The van der Waals surface area contributed by atoms with Crippen LogP contribution in [0.15, 0.2) is 17.6 Å². The second kappa shape index (κ2) is 3.81. The minimum absolute atomic E-state index is 0.0104. The van der Waals surface area contributed by atoms with E-state index in [4.69, 9.17) is 5.73 Å². The number of thiocarbonyl (C=S) groups is 1. The molecule has 0 radical (unpaired) electrons. The van der Waals surface area contributed by atoms with Crippen molar-refractivity contribution in [3.63, 3.8) is 0 Å². The van der Waals surface area contributed by atoms with Gasteiger partial charge in [0.05, 0.1) is 24.1 Å². The zero-order valence-corrected chi connectivity index (χ0v) is 8.15. The van der Waals surface area contributed by atoms with E-state index in [1.54, 1.807) is 0 Å². The molecular weight excluding hydrogens is 212 g/mol. The third-order valence-electron chi connectivity index (χ3n) is 1.20. The van der Waals surface area contributed by atoms with Gasteiger partial charge in [-0.3, -0.25) is 0 Å². The monoisotopic (exact) mass is 220 g/mol. The average molecular weight is 220 g/mol. The Hall–Kier alpha value is -0.990. The minimum atomic E-state index is -3.55. The zero-order valence-electron chi connectivity index (χ0n) is 6.52. The smallest absolute Gasteiger partial charge is 0.257 e. The molecule has 0 aromatic carbocycles. The van der Waals surface area contributed by atoms with Crippen molar-refractivity contribution in [2.24, 2.45) is 5.73 Å². The van der Waals surface area contributed by atoms with Crippen molar-refractivity contribution >= 4 is 27.2 Å². The SMILES string of the molecule is NC(=S)CNS(=O)(=O)c1cnc[nH]1. The van der Waals surface area contributed by atoms with E-state index in [0.29, 0.717) is 0 Å². The fourth-order valence-electron chi connectivity index (χ4n) is 0.634. The topological polar surface area (TPSA) is 101 Å². The molecule has 1 heterocycles. The molecule has 0 spiro atoms. The molecule has 6 nitrogen and oxygen atoms in total. The number of sulfonamides is 1. The maximum absolute atomic E-state index is 11.3. The summed E-state index contributed by atoms with van der Waals surface area (Å²) in [6.07, 6.45) is 2.47. The molecule has 8 heteroatoms. The van der Waals surface area contributed by atoms with Crippen molar-refractivity contribution in [1.29, 1.82) is 0 Å². The van der Waals surface area contributed by atoms with Gasteiger partial charge in [0.25, 0.3) is 10.0 Å². The number of aromatic amines is 1. The van der Waals surface area contributed by atoms with Gasteiger partial charge >= 0.3 is 0 Å². The number of imidazole rings is 1. The lowest BCUT2D eigenvalue weighted by Crippen LogP contribution is -2.32. The fourth-order valence-corrected chi connectivity index (χ4v) is 1.71. The fraction of sp³-hybridized carbons (Fsp3) is 0.200. The van der Waals surface area contributed by atoms with E-state index in [0.717, 1.165) is 0 Å². The highest BCUT2D eigenvalue weighted by Gasteiger charge is 2.14. The third-order valence-corrected chi connectivity index (χ3v) is 2.67. The summed E-state index contributed by atoms with van der Waals surface area (Å²) >= 11 is 4.52. The molecular formula is C5H8N4O2S2. The van der Waals surface area contributed by atoms with Crippen LogP contribution >= 0.6 is 12.2 Å². The Labute approximate surface area is 80.6 Å². The van der Waals surface area contributed by atoms with E-state index in [2.05, 4.69) is 26.9 Å². The van der Waals surface area contributed by atoms with Gasteiger partial charge in [-0.15, -0.1) is 0 Å². The van der Waals surface area contributed by atoms with E-state index in [1.165, 1.54) is 12.5 Å². The van der Waals surface area contributed by atoms with E-state index in [1.807, 2.05) is 0 Å². The normalized spacial score (nSPS) is 11.4. The molecule has 0 aliphatic carbocycles. The van der Waals surface area contributed by atoms with Crippen molar-refractivity contribution in [3.8, 4) is 0 Å². The second-order valence-electron chi connectivity index (χ2n) is 2.21. The van der Waals surface area contributed by atoms with Crippen molar-refractivity contribution in [3.05, 3.63) is 12.5 Å². The highest BCUT2D eigenvalue weighted by molar-refractivity contribution is 7.89. The van der Waals surface area contributed by atoms with Crippen LogP contribution in [0, 0.1) is 0 Å². The molecule has 0 unspecified atom stereocenters. The van der Waals surface area contributed by atoms with Gasteiger partial charge in [-0.1, -0.05) is 12.2 Å². The Bertz CT molecular complexity index is 383. The Morgan fingerprint density at radius 3 is 2.92 bits per heavy atom. The first-order valence-corrected chi connectivity index (χ1v) is 5.18. The van der Waals surface area contributed by atoms with Gasteiger partial charge in [-0.25, -0.2) is 18.1 Å². The summed E-state index contributed by atoms with van der Waals surface area (Å²) in [5, 5.41) is -0.0104. The number of nitrogens with two attached hydrogens (primary N) is 1. The predicted molar refractivity (Wildman–Crippen MR) is 50.6 cm³/mol.